The fraction of sp³-hybridized carbons (Fsp3) is 0.273. The number of carboxylic acids is 1. The van der Waals surface area contributed by atoms with Crippen LogP contribution in [-0.2, 0) is 14.3 Å². The van der Waals surface area contributed by atoms with Crippen LogP contribution < -0.4 is 10.1 Å². The summed E-state index contributed by atoms with van der Waals surface area (Å²) in [6.45, 7) is -0.852. The normalized spacial score (nSPS) is 10.1. The van der Waals surface area contributed by atoms with Gasteiger partial charge in [-0.2, -0.15) is 0 Å². The first-order valence-electron chi connectivity index (χ1n) is 5.06. The number of amides is 1. The van der Waals surface area contributed by atoms with Gasteiger partial charge in [-0.15, -0.1) is 0 Å². The van der Waals surface area contributed by atoms with Gasteiger partial charge in [-0.05, 0) is 37.9 Å². The maximum absolute atomic E-state index is 11.5. The van der Waals surface area contributed by atoms with Gasteiger partial charge in [-0.1, -0.05) is 0 Å². The van der Waals surface area contributed by atoms with Crippen LogP contribution >= 0.6 is 31.9 Å². The van der Waals surface area contributed by atoms with E-state index in [-0.39, 0.29) is 6.61 Å². The zero-order chi connectivity index (χ0) is 14.4. The van der Waals surface area contributed by atoms with Gasteiger partial charge < -0.3 is 19.9 Å². The number of aliphatic carboxylic acids is 1. The predicted octanol–water partition coefficient (Wildman–Crippen LogP) is 2.26. The zero-order valence-electron chi connectivity index (χ0n) is 9.91. The molecule has 0 heterocycles. The number of benzene rings is 1. The maximum atomic E-state index is 11.5. The molecule has 0 spiro atoms. The molecule has 8 heteroatoms. The second-order valence-corrected chi connectivity index (χ2v) is 5.11. The van der Waals surface area contributed by atoms with Crippen LogP contribution in [0.5, 0.6) is 5.75 Å². The average molecular weight is 397 g/mol. The minimum Gasteiger partial charge on any atom is -0.495 e. The van der Waals surface area contributed by atoms with Crippen LogP contribution in [0.2, 0.25) is 0 Å². The van der Waals surface area contributed by atoms with Gasteiger partial charge in [0.2, 0.25) is 5.91 Å². The van der Waals surface area contributed by atoms with Crippen molar-refractivity contribution in [2.45, 2.75) is 0 Å². The van der Waals surface area contributed by atoms with Gasteiger partial charge in [0, 0.05) is 10.5 Å². The molecule has 1 rings (SSSR count). The highest BCUT2D eigenvalue weighted by Gasteiger charge is 2.10. The third-order valence-electron chi connectivity index (χ3n) is 1.97. The van der Waals surface area contributed by atoms with Crippen LogP contribution in [0.15, 0.2) is 21.1 Å². The first kappa shape index (κ1) is 15.9. The molecule has 1 aromatic rings. The first-order chi connectivity index (χ1) is 8.93. The molecule has 1 aromatic carbocycles. The van der Waals surface area contributed by atoms with Crippen LogP contribution in [0, 0.1) is 0 Å². The number of carbonyl (C=O) groups excluding carboxylic acids is 1. The van der Waals surface area contributed by atoms with Crippen molar-refractivity contribution in [2.24, 2.45) is 0 Å². The molecule has 0 aliphatic rings. The molecule has 0 saturated carbocycles. The smallest absolute Gasteiger partial charge is 0.329 e. The lowest BCUT2D eigenvalue weighted by Crippen LogP contribution is -2.20. The molecule has 0 fully saturated rings. The lowest BCUT2D eigenvalue weighted by atomic mass is 10.3. The molecule has 1 amide bonds. The lowest BCUT2D eigenvalue weighted by molar-refractivity contribution is -0.143. The molecule has 0 radical (unpaired) electrons. The summed E-state index contributed by atoms with van der Waals surface area (Å²) in [5, 5.41) is 11.0. The van der Waals surface area contributed by atoms with E-state index in [1.54, 1.807) is 12.1 Å². The number of halogens is 2. The molecule has 104 valence electrons. The van der Waals surface area contributed by atoms with E-state index < -0.39 is 18.5 Å². The number of anilines is 1. The van der Waals surface area contributed by atoms with Crippen LogP contribution in [0.3, 0.4) is 0 Å². The van der Waals surface area contributed by atoms with Crippen LogP contribution in [0.1, 0.15) is 0 Å². The third kappa shape index (κ3) is 5.17. The van der Waals surface area contributed by atoms with E-state index >= 15 is 0 Å². The van der Waals surface area contributed by atoms with Crippen molar-refractivity contribution in [3.05, 3.63) is 21.1 Å². The Labute approximate surface area is 126 Å². The highest BCUT2D eigenvalue weighted by molar-refractivity contribution is 9.11. The molecule has 0 aromatic heterocycles. The Morgan fingerprint density at radius 3 is 2.53 bits per heavy atom. The Balaban J connectivity index is 2.66. The molecule has 0 saturated heterocycles. The third-order valence-corrected chi connectivity index (χ3v) is 3.25. The maximum Gasteiger partial charge on any atom is 0.329 e. The number of hydrogen-bond acceptors (Lipinski definition) is 4. The van der Waals surface area contributed by atoms with Crippen molar-refractivity contribution in [3.63, 3.8) is 0 Å². The van der Waals surface area contributed by atoms with E-state index in [1.807, 2.05) is 0 Å². The Kier molecular flexibility index (Phi) is 6.26. The number of nitrogens with one attached hydrogen (secondary N) is 1. The Hall–Kier alpha value is -1.12. The summed E-state index contributed by atoms with van der Waals surface area (Å²) >= 11 is 6.60. The largest absolute Gasteiger partial charge is 0.495 e. The molecular weight excluding hydrogens is 386 g/mol. The van der Waals surface area contributed by atoms with Crippen molar-refractivity contribution < 1.29 is 24.2 Å². The van der Waals surface area contributed by atoms with Gasteiger partial charge in [-0.25, -0.2) is 4.79 Å². The summed E-state index contributed by atoms with van der Waals surface area (Å²) in [5.41, 5.74) is 0.504. The van der Waals surface area contributed by atoms with Crippen molar-refractivity contribution in [1.82, 2.24) is 0 Å². The van der Waals surface area contributed by atoms with E-state index in [0.29, 0.717) is 15.9 Å². The Morgan fingerprint density at radius 1 is 1.26 bits per heavy atom. The molecule has 19 heavy (non-hydrogen) atoms. The van der Waals surface area contributed by atoms with Gasteiger partial charge in [-0.3, -0.25) is 4.79 Å². The second-order valence-electron chi connectivity index (χ2n) is 3.40. The summed E-state index contributed by atoms with van der Waals surface area (Å²) in [6.07, 6.45) is 0. The van der Waals surface area contributed by atoms with Gasteiger partial charge in [0.25, 0.3) is 0 Å². The van der Waals surface area contributed by atoms with Crippen molar-refractivity contribution in [3.8, 4) is 5.75 Å². The number of hydrogen-bond donors (Lipinski definition) is 2. The number of carbonyl (C=O) groups is 2. The van der Waals surface area contributed by atoms with Gasteiger partial charge in [0.05, 0.1) is 17.3 Å². The fourth-order valence-corrected chi connectivity index (χ4v) is 2.45. The van der Waals surface area contributed by atoms with E-state index in [2.05, 4.69) is 41.9 Å². The molecule has 0 atom stereocenters. The minimum atomic E-state index is -1.13. The zero-order valence-corrected chi connectivity index (χ0v) is 13.1. The summed E-state index contributed by atoms with van der Waals surface area (Å²) < 4.78 is 11.2. The molecule has 0 unspecified atom stereocenters. The van der Waals surface area contributed by atoms with E-state index in [4.69, 9.17) is 9.84 Å². The van der Waals surface area contributed by atoms with Crippen LogP contribution in [0.4, 0.5) is 5.69 Å². The van der Waals surface area contributed by atoms with Crippen LogP contribution in [0.25, 0.3) is 0 Å². The standard InChI is InChI=1S/C11H11Br2NO5/c1-18-9-3-8(6(12)2-7(9)13)14-10(15)4-19-5-11(16)17/h2-3H,4-5H2,1H3,(H,14,15)(H,16,17). The van der Waals surface area contributed by atoms with E-state index in [1.165, 1.54) is 7.11 Å². The molecule has 0 bridgehead atoms. The predicted molar refractivity (Wildman–Crippen MR) is 75.5 cm³/mol. The molecule has 0 aliphatic carbocycles. The molecule has 0 aliphatic heterocycles. The number of methoxy groups -OCH3 is 1. The Morgan fingerprint density at radius 2 is 1.95 bits per heavy atom. The van der Waals surface area contributed by atoms with Gasteiger partial charge in [0.1, 0.15) is 19.0 Å². The molecular formula is C11H11Br2NO5. The summed E-state index contributed by atoms with van der Waals surface area (Å²) in [5.74, 6) is -1.02. The van der Waals surface area contributed by atoms with E-state index in [0.717, 1.165) is 4.47 Å². The van der Waals surface area contributed by atoms with Gasteiger partial charge >= 0.3 is 5.97 Å². The molecule has 6 nitrogen and oxygen atoms in total. The highest BCUT2D eigenvalue weighted by Crippen LogP contribution is 2.34. The number of ether oxygens (including phenoxy) is 2. The van der Waals surface area contributed by atoms with Gasteiger partial charge in [0.15, 0.2) is 0 Å². The summed E-state index contributed by atoms with van der Waals surface area (Å²) in [4.78, 5) is 21.8. The van der Waals surface area contributed by atoms with Crippen molar-refractivity contribution >= 4 is 49.4 Å². The number of carboxylic acid groups (broad SMARTS) is 1. The lowest BCUT2D eigenvalue weighted by Gasteiger charge is -2.11. The summed E-state index contributed by atoms with van der Waals surface area (Å²) in [7, 11) is 1.51. The van der Waals surface area contributed by atoms with E-state index in [9.17, 15) is 9.59 Å². The van der Waals surface area contributed by atoms with Crippen LogP contribution in [-0.4, -0.2) is 37.3 Å². The van der Waals surface area contributed by atoms with Crippen molar-refractivity contribution in [2.75, 3.05) is 25.6 Å². The van der Waals surface area contributed by atoms with Crippen molar-refractivity contribution in [1.29, 1.82) is 0 Å². The number of rotatable bonds is 6. The topological polar surface area (TPSA) is 84.9 Å². The average Bonchev–Trinajstić information content (AvgIpc) is 2.32. The Bertz CT molecular complexity index is 492. The molecule has 2 N–H and O–H groups in total. The second kappa shape index (κ2) is 7.46. The quantitative estimate of drug-likeness (QED) is 0.770. The first-order valence-corrected chi connectivity index (χ1v) is 6.65. The fourth-order valence-electron chi connectivity index (χ4n) is 1.20. The summed E-state index contributed by atoms with van der Waals surface area (Å²) in [6, 6.07) is 3.36. The minimum absolute atomic E-state index is 0.336. The SMILES string of the molecule is COc1cc(NC(=O)COCC(=O)O)c(Br)cc1Br. The monoisotopic (exact) mass is 395 g/mol. The highest BCUT2D eigenvalue weighted by atomic mass is 79.9.